The highest BCUT2D eigenvalue weighted by Gasteiger charge is 2.15. The normalized spacial score (nSPS) is 10.7. The van der Waals surface area contributed by atoms with Gasteiger partial charge in [-0.2, -0.15) is 0 Å². The molecule has 1 aromatic heterocycles. The molecule has 118 valence electrons. The van der Waals surface area contributed by atoms with Gasteiger partial charge in [-0.05, 0) is 18.2 Å². The maximum atomic E-state index is 11.4. The van der Waals surface area contributed by atoms with Crippen molar-refractivity contribution in [2.24, 2.45) is 7.05 Å². The van der Waals surface area contributed by atoms with Crippen molar-refractivity contribution in [3.05, 3.63) is 59.8 Å². The number of carbonyl (C=O) groups is 1. The Morgan fingerprint density at radius 3 is 2.57 bits per heavy atom. The van der Waals surface area contributed by atoms with Gasteiger partial charge in [0, 0.05) is 24.2 Å². The van der Waals surface area contributed by atoms with E-state index in [4.69, 9.17) is 9.47 Å². The van der Waals surface area contributed by atoms with Crippen LogP contribution in [-0.4, -0.2) is 22.8 Å². The van der Waals surface area contributed by atoms with E-state index in [9.17, 15) is 9.90 Å². The van der Waals surface area contributed by atoms with E-state index in [0.717, 1.165) is 10.9 Å². The lowest BCUT2D eigenvalue weighted by molar-refractivity contribution is 0.0698. The molecule has 0 saturated carbocycles. The minimum absolute atomic E-state index is 0.286. The van der Waals surface area contributed by atoms with Crippen LogP contribution in [0, 0.1) is 0 Å². The number of carboxylic acid groups (broad SMARTS) is 1. The third kappa shape index (κ3) is 2.73. The Bertz CT molecular complexity index is 867. The molecule has 5 nitrogen and oxygen atoms in total. The van der Waals surface area contributed by atoms with E-state index in [1.807, 2.05) is 48.1 Å². The molecular formula is C18H17NO4. The van der Waals surface area contributed by atoms with Crippen molar-refractivity contribution in [2.45, 2.75) is 6.61 Å². The van der Waals surface area contributed by atoms with Crippen molar-refractivity contribution in [1.29, 1.82) is 0 Å². The third-order valence-corrected chi connectivity index (χ3v) is 3.77. The number of para-hydroxylation sites is 3. The number of aromatic nitrogens is 1. The first-order valence-corrected chi connectivity index (χ1v) is 7.18. The zero-order valence-electron chi connectivity index (χ0n) is 12.9. The van der Waals surface area contributed by atoms with Crippen LogP contribution in [0.4, 0.5) is 0 Å². The topological polar surface area (TPSA) is 60.7 Å². The van der Waals surface area contributed by atoms with E-state index < -0.39 is 5.97 Å². The van der Waals surface area contributed by atoms with Gasteiger partial charge in [-0.3, -0.25) is 0 Å². The predicted octanol–water partition coefficient (Wildman–Crippen LogP) is 3.46. The van der Waals surface area contributed by atoms with Crippen LogP contribution < -0.4 is 9.47 Å². The fourth-order valence-electron chi connectivity index (χ4n) is 2.73. The molecule has 1 N–H and O–H groups in total. The van der Waals surface area contributed by atoms with Crippen molar-refractivity contribution in [3.63, 3.8) is 0 Å². The van der Waals surface area contributed by atoms with Gasteiger partial charge in [0.25, 0.3) is 0 Å². The molecule has 3 aromatic rings. The summed E-state index contributed by atoms with van der Waals surface area (Å²) >= 11 is 0. The molecule has 0 aliphatic heterocycles. The lowest BCUT2D eigenvalue weighted by Gasteiger charge is -2.09. The summed E-state index contributed by atoms with van der Waals surface area (Å²) in [5.74, 6) is 0.384. The Balaban J connectivity index is 1.95. The number of hydrogen-bond acceptors (Lipinski definition) is 3. The number of hydrogen-bond donors (Lipinski definition) is 1. The van der Waals surface area contributed by atoms with Crippen LogP contribution in [0.25, 0.3) is 10.9 Å². The molecule has 3 rings (SSSR count). The summed E-state index contributed by atoms with van der Waals surface area (Å²) in [7, 11) is 3.43. The second kappa shape index (κ2) is 6.04. The molecule has 0 amide bonds. The van der Waals surface area contributed by atoms with E-state index >= 15 is 0 Å². The largest absolute Gasteiger partial charge is 0.493 e. The Labute approximate surface area is 133 Å². The molecule has 2 aromatic carbocycles. The number of carboxylic acids is 1. The maximum Gasteiger partial charge on any atom is 0.337 e. The van der Waals surface area contributed by atoms with Crippen LogP contribution in [0.5, 0.6) is 11.5 Å². The van der Waals surface area contributed by atoms with Crippen molar-refractivity contribution in [1.82, 2.24) is 4.57 Å². The number of fused-ring (bicyclic) bond motifs is 1. The van der Waals surface area contributed by atoms with Crippen LogP contribution in [-0.2, 0) is 13.7 Å². The highest BCUT2D eigenvalue weighted by molar-refractivity contribution is 6.03. The van der Waals surface area contributed by atoms with E-state index in [-0.39, 0.29) is 5.56 Å². The van der Waals surface area contributed by atoms with Crippen LogP contribution in [0.1, 0.15) is 15.9 Å². The first kappa shape index (κ1) is 15.0. The molecule has 0 bridgehead atoms. The van der Waals surface area contributed by atoms with Gasteiger partial charge < -0.3 is 19.1 Å². The molecule has 0 fully saturated rings. The van der Waals surface area contributed by atoms with Gasteiger partial charge in [-0.1, -0.05) is 24.3 Å². The van der Waals surface area contributed by atoms with E-state index in [1.54, 1.807) is 19.2 Å². The maximum absolute atomic E-state index is 11.4. The van der Waals surface area contributed by atoms with Crippen LogP contribution in [0.2, 0.25) is 0 Å². The van der Waals surface area contributed by atoms with Crippen LogP contribution in [0.15, 0.2) is 48.7 Å². The molecule has 0 aliphatic carbocycles. The summed E-state index contributed by atoms with van der Waals surface area (Å²) in [6, 6.07) is 12.7. The minimum Gasteiger partial charge on any atom is -0.493 e. The SMILES string of the molecule is COc1ccccc1OCc1cn(C)c2c(C(=O)O)cccc12. The molecule has 0 radical (unpaired) electrons. The Hall–Kier alpha value is -2.95. The zero-order chi connectivity index (χ0) is 16.4. The molecule has 0 spiro atoms. The Morgan fingerprint density at radius 2 is 1.87 bits per heavy atom. The molecule has 0 aliphatic rings. The van der Waals surface area contributed by atoms with E-state index in [0.29, 0.717) is 23.6 Å². The van der Waals surface area contributed by atoms with Crippen molar-refractivity contribution < 1.29 is 19.4 Å². The third-order valence-electron chi connectivity index (χ3n) is 3.77. The first-order chi connectivity index (χ1) is 11.1. The Kier molecular flexibility index (Phi) is 3.93. The van der Waals surface area contributed by atoms with E-state index in [2.05, 4.69) is 0 Å². The van der Waals surface area contributed by atoms with Gasteiger partial charge in [0.1, 0.15) is 6.61 Å². The van der Waals surface area contributed by atoms with Crippen molar-refractivity contribution in [2.75, 3.05) is 7.11 Å². The lowest BCUT2D eigenvalue weighted by Crippen LogP contribution is -2.00. The fraction of sp³-hybridized carbons (Fsp3) is 0.167. The number of nitrogens with zero attached hydrogens (tertiary/aromatic N) is 1. The quantitative estimate of drug-likeness (QED) is 0.784. The summed E-state index contributed by atoms with van der Waals surface area (Å²) < 4.78 is 12.9. The second-order valence-electron chi connectivity index (χ2n) is 5.21. The summed E-state index contributed by atoms with van der Waals surface area (Å²) in [4.78, 5) is 11.4. The smallest absolute Gasteiger partial charge is 0.337 e. The monoisotopic (exact) mass is 311 g/mol. The second-order valence-corrected chi connectivity index (χ2v) is 5.21. The number of methoxy groups -OCH3 is 1. The molecular weight excluding hydrogens is 294 g/mol. The van der Waals surface area contributed by atoms with Crippen LogP contribution in [0.3, 0.4) is 0 Å². The van der Waals surface area contributed by atoms with Gasteiger partial charge in [0.15, 0.2) is 11.5 Å². The Morgan fingerprint density at radius 1 is 1.13 bits per heavy atom. The summed E-state index contributed by atoms with van der Waals surface area (Å²) in [6.45, 7) is 0.334. The molecule has 1 heterocycles. The van der Waals surface area contributed by atoms with Crippen molar-refractivity contribution in [3.8, 4) is 11.5 Å². The average molecular weight is 311 g/mol. The van der Waals surface area contributed by atoms with Gasteiger partial charge >= 0.3 is 5.97 Å². The highest BCUT2D eigenvalue weighted by atomic mass is 16.5. The first-order valence-electron chi connectivity index (χ1n) is 7.18. The van der Waals surface area contributed by atoms with Gasteiger partial charge in [0.2, 0.25) is 0 Å². The number of rotatable bonds is 5. The minimum atomic E-state index is -0.936. The summed E-state index contributed by atoms with van der Waals surface area (Å²) in [5, 5.41) is 10.2. The van der Waals surface area contributed by atoms with Crippen molar-refractivity contribution >= 4 is 16.9 Å². The molecule has 23 heavy (non-hydrogen) atoms. The molecule has 0 unspecified atom stereocenters. The lowest BCUT2D eigenvalue weighted by atomic mass is 10.1. The molecule has 0 atom stereocenters. The molecule has 0 saturated heterocycles. The number of aryl methyl sites for hydroxylation is 1. The summed E-state index contributed by atoms with van der Waals surface area (Å²) in [6.07, 6.45) is 1.90. The predicted molar refractivity (Wildman–Crippen MR) is 87.2 cm³/mol. The van der Waals surface area contributed by atoms with Gasteiger partial charge in [-0.15, -0.1) is 0 Å². The van der Waals surface area contributed by atoms with Gasteiger partial charge in [0.05, 0.1) is 18.2 Å². The summed E-state index contributed by atoms with van der Waals surface area (Å²) in [5.41, 5.74) is 1.91. The zero-order valence-corrected chi connectivity index (χ0v) is 12.9. The average Bonchev–Trinajstić information content (AvgIpc) is 2.89. The van der Waals surface area contributed by atoms with Crippen LogP contribution >= 0.6 is 0 Å². The fourth-order valence-corrected chi connectivity index (χ4v) is 2.73. The molecule has 5 heteroatoms. The number of aromatic carboxylic acids is 1. The van der Waals surface area contributed by atoms with E-state index in [1.165, 1.54) is 0 Å². The standard InChI is InChI=1S/C18H17NO4/c1-19-10-12(11-23-16-9-4-3-8-15(16)22-2)13-6-5-7-14(17(13)19)18(20)21/h3-10H,11H2,1-2H3,(H,20,21). The van der Waals surface area contributed by atoms with Gasteiger partial charge in [-0.25, -0.2) is 4.79 Å². The highest BCUT2D eigenvalue weighted by Crippen LogP contribution is 2.29. The number of ether oxygens (including phenoxy) is 2. The number of benzene rings is 2.